The van der Waals surface area contributed by atoms with Gasteiger partial charge in [-0.2, -0.15) is 0 Å². The lowest BCUT2D eigenvalue weighted by atomic mass is 9.92. The fourth-order valence-electron chi connectivity index (χ4n) is 2.39. The van der Waals surface area contributed by atoms with Crippen LogP contribution in [0.4, 0.5) is 0 Å². The Morgan fingerprint density at radius 3 is 2.92 bits per heavy atom. The normalized spacial score (nSPS) is 39.0. The maximum absolute atomic E-state index is 3.28. The van der Waals surface area contributed by atoms with E-state index in [1.54, 1.807) is 5.57 Å². The first-order valence-corrected chi connectivity index (χ1v) is 5.16. The van der Waals surface area contributed by atoms with Gasteiger partial charge in [0, 0.05) is 5.92 Å². The van der Waals surface area contributed by atoms with Gasteiger partial charge in [-0.15, -0.1) is 5.73 Å². The van der Waals surface area contributed by atoms with E-state index in [1.807, 2.05) is 0 Å². The topological polar surface area (TPSA) is 0 Å². The minimum Gasteiger partial charge on any atom is -0.124 e. The summed E-state index contributed by atoms with van der Waals surface area (Å²) >= 11 is 0. The van der Waals surface area contributed by atoms with Gasteiger partial charge in [-0.3, -0.25) is 0 Å². The molecule has 3 aliphatic rings. The van der Waals surface area contributed by atoms with Crippen LogP contribution in [0.2, 0.25) is 0 Å². The fourth-order valence-corrected chi connectivity index (χ4v) is 2.39. The summed E-state index contributed by atoms with van der Waals surface area (Å²) in [6.45, 7) is 2.18. The summed E-state index contributed by atoms with van der Waals surface area (Å²) in [5.74, 6) is 2.52. The number of allylic oxidation sites excluding steroid dienone is 5. The average Bonchev–Trinajstić information content (AvgIpc) is 2.55. The van der Waals surface area contributed by atoms with Crippen LogP contribution in [0.5, 0.6) is 0 Å². The van der Waals surface area contributed by atoms with Crippen LogP contribution in [0, 0.1) is 17.8 Å². The van der Waals surface area contributed by atoms with Crippen molar-refractivity contribution >= 4 is 0 Å². The fraction of sp³-hybridized carbons (Fsp3) is 0.462. The van der Waals surface area contributed by atoms with E-state index in [-0.39, 0.29) is 0 Å². The first-order valence-electron chi connectivity index (χ1n) is 5.16. The van der Waals surface area contributed by atoms with Crippen LogP contribution in [0.3, 0.4) is 0 Å². The Kier molecular flexibility index (Phi) is 1.42. The molecule has 0 radical (unpaired) electrons. The highest BCUT2D eigenvalue weighted by Crippen LogP contribution is 2.54. The molecule has 0 heterocycles. The molecule has 0 bridgehead atoms. The summed E-state index contributed by atoms with van der Waals surface area (Å²) in [7, 11) is 0. The van der Waals surface area contributed by atoms with Gasteiger partial charge in [0.25, 0.3) is 0 Å². The molecule has 0 heteroatoms. The second kappa shape index (κ2) is 2.49. The second-order valence-corrected chi connectivity index (χ2v) is 4.44. The summed E-state index contributed by atoms with van der Waals surface area (Å²) in [6.07, 6.45) is 11.8. The van der Waals surface area contributed by atoms with Crippen molar-refractivity contribution in [3.05, 3.63) is 41.2 Å². The zero-order valence-corrected chi connectivity index (χ0v) is 7.96. The van der Waals surface area contributed by atoms with Crippen molar-refractivity contribution in [2.45, 2.75) is 19.8 Å². The van der Waals surface area contributed by atoms with Crippen molar-refractivity contribution in [3.63, 3.8) is 0 Å². The van der Waals surface area contributed by atoms with Crippen molar-refractivity contribution in [3.8, 4) is 0 Å². The van der Waals surface area contributed by atoms with Crippen LogP contribution in [-0.4, -0.2) is 0 Å². The molecule has 0 amide bonds. The molecule has 13 heavy (non-hydrogen) atoms. The van der Waals surface area contributed by atoms with E-state index in [1.165, 1.54) is 18.4 Å². The molecule has 0 aliphatic heterocycles. The monoisotopic (exact) mass is 170 g/mol. The van der Waals surface area contributed by atoms with Crippen LogP contribution in [-0.2, 0) is 0 Å². The second-order valence-electron chi connectivity index (χ2n) is 4.44. The third-order valence-corrected chi connectivity index (χ3v) is 3.44. The van der Waals surface area contributed by atoms with Gasteiger partial charge in [0.1, 0.15) is 0 Å². The summed E-state index contributed by atoms with van der Waals surface area (Å²) in [6, 6.07) is 0. The number of hydrogen-bond donors (Lipinski definition) is 0. The van der Waals surface area contributed by atoms with Crippen molar-refractivity contribution in [1.82, 2.24) is 0 Å². The molecular weight excluding hydrogens is 156 g/mol. The Bertz CT molecular complexity index is 361. The predicted octanol–water partition coefficient (Wildman–Crippen LogP) is 3.24. The Labute approximate surface area is 79.3 Å². The molecule has 3 unspecified atom stereocenters. The maximum Gasteiger partial charge on any atom is 0.0204 e. The molecule has 0 aromatic rings. The molecule has 1 fully saturated rings. The molecule has 0 aromatic heterocycles. The van der Waals surface area contributed by atoms with Crippen LogP contribution in [0.25, 0.3) is 0 Å². The first-order chi connectivity index (χ1) is 6.34. The first kappa shape index (κ1) is 7.41. The Hall–Kier alpha value is -1.00. The van der Waals surface area contributed by atoms with Crippen molar-refractivity contribution in [2.75, 3.05) is 0 Å². The molecule has 0 spiro atoms. The van der Waals surface area contributed by atoms with Gasteiger partial charge in [-0.1, -0.05) is 23.8 Å². The zero-order valence-electron chi connectivity index (χ0n) is 7.96. The quantitative estimate of drug-likeness (QED) is 0.558. The molecule has 0 saturated heterocycles. The third-order valence-electron chi connectivity index (χ3n) is 3.44. The lowest BCUT2D eigenvalue weighted by Crippen LogP contribution is -2.00. The SMILES string of the molecule is CC1=CCC(CC2C3=C=CC32)C=C1. The smallest absolute Gasteiger partial charge is 0.0204 e. The summed E-state index contributed by atoms with van der Waals surface area (Å²) < 4.78 is 0. The van der Waals surface area contributed by atoms with Gasteiger partial charge >= 0.3 is 0 Å². The maximum atomic E-state index is 3.28. The standard InChI is InChI=1S/C13H14/c1-9-2-4-10(5-3-9)8-13-11-6-7-12(11)13/h2-4,6,10-11,13H,5,8H2,1H3. The Morgan fingerprint density at radius 2 is 2.38 bits per heavy atom. The lowest BCUT2D eigenvalue weighted by Gasteiger charge is -2.13. The van der Waals surface area contributed by atoms with Gasteiger partial charge in [0.05, 0.1) is 0 Å². The van der Waals surface area contributed by atoms with Crippen molar-refractivity contribution in [1.29, 1.82) is 0 Å². The molecule has 0 aromatic carbocycles. The summed E-state index contributed by atoms with van der Waals surface area (Å²) in [4.78, 5) is 0. The van der Waals surface area contributed by atoms with Crippen LogP contribution in [0.1, 0.15) is 19.8 Å². The van der Waals surface area contributed by atoms with Crippen molar-refractivity contribution in [2.24, 2.45) is 17.8 Å². The van der Waals surface area contributed by atoms with E-state index in [0.717, 1.165) is 17.8 Å². The average molecular weight is 170 g/mol. The summed E-state index contributed by atoms with van der Waals surface area (Å²) in [5.41, 5.74) is 6.30. The van der Waals surface area contributed by atoms with Gasteiger partial charge < -0.3 is 0 Å². The van der Waals surface area contributed by atoms with E-state index < -0.39 is 0 Å². The van der Waals surface area contributed by atoms with E-state index in [9.17, 15) is 0 Å². The van der Waals surface area contributed by atoms with Gasteiger partial charge in [-0.25, -0.2) is 0 Å². The van der Waals surface area contributed by atoms with Crippen LogP contribution in [0.15, 0.2) is 41.2 Å². The molecule has 3 atom stereocenters. The molecule has 66 valence electrons. The van der Waals surface area contributed by atoms with Crippen molar-refractivity contribution < 1.29 is 0 Å². The highest BCUT2D eigenvalue weighted by Gasteiger charge is 2.46. The largest absolute Gasteiger partial charge is 0.124 e. The highest BCUT2D eigenvalue weighted by atomic mass is 14.5. The summed E-state index contributed by atoms with van der Waals surface area (Å²) in [5, 5.41) is 0. The van der Waals surface area contributed by atoms with E-state index in [4.69, 9.17) is 0 Å². The molecule has 3 aliphatic carbocycles. The molecule has 0 nitrogen and oxygen atoms in total. The number of rotatable bonds is 2. The molecular formula is C13H14. The van der Waals surface area contributed by atoms with E-state index in [2.05, 4.69) is 37.0 Å². The van der Waals surface area contributed by atoms with E-state index in [0.29, 0.717) is 0 Å². The number of hydrogen-bond acceptors (Lipinski definition) is 0. The minimum absolute atomic E-state index is 0.794. The molecule has 0 N–H and O–H groups in total. The van der Waals surface area contributed by atoms with Gasteiger partial charge in [-0.05, 0) is 43.3 Å². The molecule has 3 rings (SSSR count). The Morgan fingerprint density at radius 1 is 1.54 bits per heavy atom. The zero-order chi connectivity index (χ0) is 8.84. The van der Waals surface area contributed by atoms with Crippen LogP contribution < -0.4 is 0 Å². The number of fused-ring (bicyclic) bond motifs is 1. The lowest BCUT2D eigenvalue weighted by molar-refractivity contribution is 0.543. The van der Waals surface area contributed by atoms with Crippen LogP contribution >= 0.6 is 0 Å². The predicted molar refractivity (Wildman–Crippen MR) is 54.2 cm³/mol. The van der Waals surface area contributed by atoms with Gasteiger partial charge in [0.2, 0.25) is 0 Å². The van der Waals surface area contributed by atoms with E-state index >= 15 is 0 Å². The Balaban J connectivity index is 1.58. The van der Waals surface area contributed by atoms with Gasteiger partial charge in [0.15, 0.2) is 0 Å². The third kappa shape index (κ3) is 1.14. The minimum atomic E-state index is 0.794. The highest BCUT2D eigenvalue weighted by molar-refractivity contribution is 5.42. The molecule has 1 saturated carbocycles.